The van der Waals surface area contributed by atoms with E-state index in [-0.39, 0.29) is 23.7 Å². The molecule has 4 heterocycles. The zero-order valence-corrected chi connectivity index (χ0v) is 17.6. The lowest BCUT2D eigenvalue weighted by molar-refractivity contribution is 0.0695. The van der Waals surface area contributed by atoms with Crippen LogP contribution in [-0.4, -0.2) is 49.2 Å². The third kappa shape index (κ3) is 3.78. The summed E-state index contributed by atoms with van der Waals surface area (Å²) in [6.07, 6.45) is 6.88. The molecule has 3 aromatic heterocycles. The molecular formula is C21H25N7O3. The number of hydrogen-bond acceptors (Lipinski definition) is 7. The Kier molecular flexibility index (Phi) is 4.93. The average molecular weight is 423 g/mol. The monoisotopic (exact) mass is 423 g/mol. The molecule has 5 rings (SSSR count). The number of ether oxygens (including phenoxy) is 1. The molecule has 0 unspecified atom stereocenters. The van der Waals surface area contributed by atoms with E-state index in [0.29, 0.717) is 41.7 Å². The van der Waals surface area contributed by atoms with E-state index in [1.807, 2.05) is 6.92 Å². The van der Waals surface area contributed by atoms with Gasteiger partial charge in [-0.3, -0.25) is 13.9 Å². The van der Waals surface area contributed by atoms with Gasteiger partial charge >= 0.3 is 5.69 Å². The fourth-order valence-corrected chi connectivity index (χ4v) is 3.89. The highest BCUT2D eigenvalue weighted by Gasteiger charge is 2.25. The maximum atomic E-state index is 12.8. The van der Waals surface area contributed by atoms with Crippen molar-refractivity contribution in [3.8, 4) is 0 Å². The summed E-state index contributed by atoms with van der Waals surface area (Å²) in [7, 11) is 1.73. The summed E-state index contributed by atoms with van der Waals surface area (Å²) in [5.74, 6) is 0.221. The van der Waals surface area contributed by atoms with Crippen molar-refractivity contribution >= 4 is 28.7 Å². The van der Waals surface area contributed by atoms with Gasteiger partial charge in [0.1, 0.15) is 11.2 Å². The van der Waals surface area contributed by atoms with E-state index in [0.717, 1.165) is 31.2 Å². The van der Waals surface area contributed by atoms with Crippen LogP contribution in [-0.2, 0) is 11.8 Å². The minimum atomic E-state index is -0.153. The number of aromatic nitrogens is 5. The molecule has 31 heavy (non-hydrogen) atoms. The maximum Gasteiger partial charge on any atom is 0.330 e. The molecule has 1 amide bonds. The standard InChI is InChI=1S/C21H25N7O3/c1-12-9-15(19(29)24-13-3-4-13)22-10-16(12)25-20-23-11-17-18(26-20)28(21(30)27(17)2)14-5-7-31-8-6-14/h9-11,13-14H,3-8H2,1-2H3,(H,24,29)(H,23,25,26). The first kappa shape index (κ1) is 19.7. The van der Waals surface area contributed by atoms with E-state index < -0.39 is 0 Å². The van der Waals surface area contributed by atoms with E-state index in [2.05, 4.69) is 25.6 Å². The van der Waals surface area contributed by atoms with E-state index in [1.165, 1.54) is 0 Å². The van der Waals surface area contributed by atoms with E-state index >= 15 is 0 Å². The second kappa shape index (κ2) is 7.77. The molecule has 0 bridgehead atoms. The third-order valence-corrected chi connectivity index (χ3v) is 5.89. The molecule has 2 fully saturated rings. The number of carbonyl (C=O) groups excluding carboxylic acids is 1. The van der Waals surface area contributed by atoms with Crippen LogP contribution in [0.3, 0.4) is 0 Å². The molecule has 0 atom stereocenters. The third-order valence-electron chi connectivity index (χ3n) is 5.89. The molecule has 1 aliphatic heterocycles. The van der Waals surface area contributed by atoms with Crippen LogP contribution in [0.15, 0.2) is 23.3 Å². The molecule has 0 radical (unpaired) electrons. The molecule has 10 nitrogen and oxygen atoms in total. The molecule has 0 aromatic carbocycles. The molecule has 162 valence electrons. The van der Waals surface area contributed by atoms with Crippen molar-refractivity contribution in [2.75, 3.05) is 18.5 Å². The van der Waals surface area contributed by atoms with Gasteiger partial charge in [-0.05, 0) is 44.2 Å². The Balaban J connectivity index is 1.44. The van der Waals surface area contributed by atoms with E-state index in [9.17, 15) is 9.59 Å². The van der Waals surface area contributed by atoms with Crippen LogP contribution in [0.5, 0.6) is 0 Å². The van der Waals surface area contributed by atoms with Gasteiger partial charge in [-0.2, -0.15) is 4.98 Å². The zero-order valence-electron chi connectivity index (χ0n) is 17.6. The number of imidazole rings is 1. The van der Waals surface area contributed by atoms with Crippen molar-refractivity contribution in [1.29, 1.82) is 0 Å². The van der Waals surface area contributed by atoms with Crippen molar-refractivity contribution in [1.82, 2.24) is 29.4 Å². The van der Waals surface area contributed by atoms with Crippen molar-refractivity contribution in [2.24, 2.45) is 7.05 Å². The quantitative estimate of drug-likeness (QED) is 0.643. The minimum Gasteiger partial charge on any atom is -0.381 e. The topological polar surface area (TPSA) is 116 Å². The number of pyridine rings is 1. The zero-order chi connectivity index (χ0) is 21.5. The Morgan fingerprint density at radius 2 is 1.94 bits per heavy atom. The van der Waals surface area contributed by atoms with Crippen LogP contribution in [0, 0.1) is 6.92 Å². The van der Waals surface area contributed by atoms with Crippen molar-refractivity contribution in [3.05, 3.63) is 40.2 Å². The van der Waals surface area contributed by atoms with Gasteiger partial charge in [0, 0.05) is 32.3 Å². The minimum absolute atomic E-state index is 0.0559. The largest absolute Gasteiger partial charge is 0.381 e. The van der Waals surface area contributed by atoms with Gasteiger partial charge in [0.15, 0.2) is 5.65 Å². The Bertz CT molecular complexity index is 1210. The number of anilines is 2. The van der Waals surface area contributed by atoms with E-state index in [4.69, 9.17) is 4.74 Å². The molecule has 1 saturated carbocycles. The summed E-state index contributed by atoms with van der Waals surface area (Å²) in [4.78, 5) is 38.4. The fraction of sp³-hybridized carbons (Fsp3) is 0.476. The highest BCUT2D eigenvalue weighted by molar-refractivity contribution is 5.93. The smallest absolute Gasteiger partial charge is 0.330 e. The molecule has 0 spiro atoms. The first-order chi connectivity index (χ1) is 15.0. The van der Waals surface area contributed by atoms with Crippen LogP contribution >= 0.6 is 0 Å². The molecule has 2 N–H and O–H groups in total. The lowest BCUT2D eigenvalue weighted by Gasteiger charge is -2.22. The van der Waals surface area contributed by atoms with Crippen LogP contribution in [0.25, 0.3) is 11.2 Å². The Labute approximate surface area is 178 Å². The second-order valence-electron chi connectivity index (χ2n) is 8.21. The Morgan fingerprint density at radius 1 is 1.16 bits per heavy atom. The summed E-state index contributed by atoms with van der Waals surface area (Å²) in [6.45, 7) is 3.17. The summed E-state index contributed by atoms with van der Waals surface area (Å²) in [5, 5.41) is 6.12. The second-order valence-corrected chi connectivity index (χ2v) is 8.21. The van der Waals surface area contributed by atoms with Gasteiger partial charge in [0.25, 0.3) is 5.91 Å². The number of carbonyl (C=O) groups is 1. The average Bonchev–Trinajstić information content (AvgIpc) is 3.55. The molecular weight excluding hydrogens is 398 g/mol. The summed E-state index contributed by atoms with van der Waals surface area (Å²) in [6, 6.07) is 2.09. The number of rotatable bonds is 5. The number of hydrogen-bond donors (Lipinski definition) is 2. The predicted molar refractivity (Wildman–Crippen MR) is 115 cm³/mol. The summed E-state index contributed by atoms with van der Waals surface area (Å²) in [5.41, 5.74) is 3.14. The van der Waals surface area contributed by atoms with Gasteiger partial charge in [-0.1, -0.05) is 0 Å². The molecule has 1 aliphatic carbocycles. The SMILES string of the molecule is Cc1cc(C(=O)NC2CC2)ncc1Nc1ncc2c(n1)n(C1CCOCC1)c(=O)n2C. The first-order valence-corrected chi connectivity index (χ1v) is 10.6. The maximum absolute atomic E-state index is 12.8. The fourth-order valence-electron chi connectivity index (χ4n) is 3.89. The number of fused-ring (bicyclic) bond motifs is 1. The van der Waals surface area contributed by atoms with Crippen molar-refractivity contribution < 1.29 is 9.53 Å². The van der Waals surface area contributed by atoms with Crippen LogP contribution in [0.4, 0.5) is 11.6 Å². The normalized spacial score (nSPS) is 17.1. The molecule has 1 saturated heterocycles. The number of nitrogens with one attached hydrogen (secondary N) is 2. The highest BCUT2D eigenvalue weighted by Crippen LogP contribution is 2.25. The van der Waals surface area contributed by atoms with Crippen molar-refractivity contribution in [3.63, 3.8) is 0 Å². The van der Waals surface area contributed by atoms with Gasteiger partial charge in [-0.25, -0.2) is 14.8 Å². The van der Waals surface area contributed by atoms with Gasteiger partial charge in [0.2, 0.25) is 5.95 Å². The highest BCUT2D eigenvalue weighted by atomic mass is 16.5. The predicted octanol–water partition coefficient (Wildman–Crippen LogP) is 1.82. The van der Waals surface area contributed by atoms with Gasteiger partial charge in [-0.15, -0.1) is 0 Å². The molecule has 2 aliphatic rings. The Hall–Kier alpha value is -3.27. The van der Waals surface area contributed by atoms with Gasteiger partial charge < -0.3 is 15.4 Å². The van der Waals surface area contributed by atoms with Crippen LogP contribution in [0.2, 0.25) is 0 Å². The number of nitrogens with zero attached hydrogens (tertiary/aromatic N) is 5. The number of amides is 1. The van der Waals surface area contributed by atoms with E-state index in [1.54, 1.807) is 34.6 Å². The summed E-state index contributed by atoms with van der Waals surface area (Å²) < 4.78 is 8.77. The van der Waals surface area contributed by atoms with Crippen LogP contribution < -0.4 is 16.3 Å². The molecule has 10 heteroatoms. The Morgan fingerprint density at radius 3 is 2.65 bits per heavy atom. The van der Waals surface area contributed by atoms with Crippen molar-refractivity contribution in [2.45, 2.75) is 44.7 Å². The summed E-state index contributed by atoms with van der Waals surface area (Å²) >= 11 is 0. The lowest BCUT2D eigenvalue weighted by Crippen LogP contribution is -2.30. The number of aryl methyl sites for hydroxylation is 2. The first-order valence-electron chi connectivity index (χ1n) is 10.6. The van der Waals surface area contributed by atoms with Crippen LogP contribution in [0.1, 0.15) is 47.8 Å². The lowest BCUT2D eigenvalue weighted by atomic mass is 10.1. The molecule has 3 aromatic rings. The van der Waals surface area contributed by atoms with Gasteiger partial charge in [0.05, 0.1) is 18.1 Å².